The number of hydrogen-bond acceptors (Lipinski definition) is 6. The third-order valence-corrected chi connectivity index (χ3v) is 5.50. The molecule has 2 aromatic heterocycles. The van der Waals surface area contributed by atoms with E-state index in [1.54, 1.807) is 4.57 Å². The van der Waals surface area contributed by atoms with Gasteiger partial charge in [0, 0.05) is 12.1 Å². The number of carbonyl (C=O) groups is 1. The van der Waals surface area contributed by atoms with Crippen molar-refractivity contribution in [3.05, 3.63) is 48.0 Å². The van der Waals surface area contributed by atoms with Gasteiger partial charge in [0.25, 0.3) is 5.91 Å². The Balaban J connectivity index is 1.76. The highest BCUT2D eigenvalue weighted by Gasteiger charge is 2.26. The number of anilines is 1. The number of amides is 1. The summed E-state index contributed by atoms with van der Waals surface area (Å²) in [5, 5.41) is 3.00. The van der Waals surface area contributed by atoms with E-state index in [2.05, 4.69) is 5.32 Å². The van der Waals surface area contributed by atoms with Gasteiger partial charge in [-0.2, -0.15) is 0 Å². The van der Waals surface area contributed by atoms with Gasteiger partial charge < -0.3 is 20.5 Å². The SMILES string of the molecule is CC[C@H](C)NC(=O)c1c(N)n(-c2ccc3c(c2)OCCO3)c2nc3ccccc3nc12. The first kappa shape index (κ1) is 19.2. The molecule has 2 aromatic carbocycles. The summed E-state index contributed by atoms with van der Waals surface area (Å²) >= 11 is 0. The van der Waals surface area contributed by atoms with Gasteiger partial charge >= 0.3 is 0 Å². The van der Waals surface area contributed by atoms with Gasteiger partial charge in [-0.25, -0.2) is 9.97 Å². The summed E-state index contributed by atoms with van der Waals surface area (Å²) in [5.41, 5.74) is 10.0. The number of fused-ring (bicyclic) bond motifs is 3. The molecule has 8 nitrogen and oxygen atoms in total. The lowest BCUT2D eigenvalue weighted by atomic mass is 10.2. The molecule has 158 valence electrons. The van der Waals surface area contributed by atoms with Gasteiger partial charge in [-0.05, 0) is 37.6 Å². The number of nitrogens with two attached hydrogens (primary N) is 1. The summed E-state index contributed by atoms with van der Waals surface area (Å²) in [6.07, 6.45) is 0.807. The Morgan fingerprint density at radius 3 is 2.58 bits per heavy atom. The second-order valence-electron chi connectivity index (χ2n) is 7.59. The molecule has 3 heterocycles. The van der Waals surface area contributed by atoms with Crippen LogP contribution in [0.3, 0.4) is 0 Å². The van der Waals surface area contributed by atoms with E-state index in [-0.39, 0.29) is 17.8 Å². The number of carbonyl (C=O) groups excluding carboxylic acids is 1. The molecule has 1 aliphatic heterocycles. The molecule has 5 rings (SSSR count). The minimum atomic E-state index is -0.266. The average molecular weight is 417 g/mol. The quantitative estimate of drug-likeness (QED) is 0.527. The summed E-state index contributed by atoms with van der Waals surface area (Å²) in [6, 6.07) is 13.1. The van der Waals surface area contributed by atoms with Crippen molar-refractivity contribution in [2.45, 2.75) is 26.3 Å². The number of benzene rings is 2. The van der Waals surface area contributed by atoms with Crippen LogP contribution in [0.25, 0.3) is 27.9 Å². The first-order valence-electron chi connectivity index (χ1n) is 10.3. The van der Waals surface area contributed by atoms with Gasteiger partial charge in [0.05, 0.1) is 16.7 Å². The van der Waals surface area contributed by atoms with Gasteiger partial charge in [0.1, 0.15) is 30.1 Å². The fourth-order valence-electron chi connectivity index (χ4n) is 3.72. The molecule has 0 fully saturated rings. The summed E-state index contributed by atoms with van der Waals surface area (Å²) in [6.45, 7) is 4.96. The lowest BCUT2D eigenvalue weighted by Crippen LogP contribution is -2.32. The molecule has 0 bridgehead atoms. The van der Waals surface area contributed by atoms with Crippen LogP contribution in [-0.2, 0) is 0 Å². The Bertz CT molecular complexity index is 1310. The van der Waals surface area contributed by atoms with Crippen molar-refractivity contribution in [2.75, 3.05) is 18.9 Å². The number of hydrogen-bond donors (Lipinski definition) is 2. The highest BCUT2D eigenvalue weighted by molar-refractivity contribution is 6.11. The Morgan fingerprint density at radius 1 is 1.13 bits per heavy atom. The lowest BCUT2D eigenvalue weighted by molar-refractivity contribution is 0.0941. The Labute approximate surface area is 179 Å². The number of rotatable bonds is 4. The molecule has 0 saturated carbocycles. The maximum atomic E-state index is 13.1. The van der Waals surface area contributed by atoms with Gasteiger partial charge in [-0.3, -0.25) is 9.36 Å². The number of nitrogens with one attached hydrogen (secondary N) is 1. The minimum absolute atomic E-state index is 0.00742. The highest BCUT2D eigenvalue weighted by Crippen LogP contribution is 2.36. The van der Waals surface area contributed by atoms with E-state index >= 15 is 0 Å². The fourth-order valence-corrected chi connectivity index (χ4v) is 3.72. The zero-order chi connectivity index (χ0) is 21.5. The third-order valence-electron chi connectivity index (χ3n) is 5.50. The van der Waals surface area contributed by atoms with Crippen LogP contribution in [0.5, 0.6) is 11.5 Å². The van der Waals surface area contributed by atoms with Crippen molar-refractivity contribution in [3.63, 3.8) is 0 Å². The van der Waals surface area contributed by atoms with Crippen LogP contribution in [0.15, 0.2) is 42.5 Å². The second-order valence-corrected chi connectivity index (χ2v) is 7.59. The van der Waals surface area contributed by atoms with Crippen molar-refractivity contribution in [1.29, 1.82) is 0 Å². The summed E-state index contributed by atoms with van der Waals surface area (Å²) in [5.74, 6) is 1.32. The number of para-hydroxylation sites is 2. The lowest BCUT2D eigenvalue weighted by Gasteiger charge is -2.19. The molecule has 3 N–H and O–H groups in total. The van der Waals surface area contributed by atoms with Crippen LogP contribution in [0.4, 0.5) is 5.82 Å². The van der Waals surface area contributed by atoms with Crippen molar-refractivity contribution < 1.29 is 14.3 Å². The zero-order valence-corrected chi connectivity index (χ0v) is 17.4. The maximum Gasteiger partial charge on any atom is 0.257 e. The normalized spacial score (nSPS) is 14.0. The van der Waals surface area contributed by atoms with E-state index < -0.39 is 0 Å². The van der Waals surface area contributed by atoms with Gasteiger partial charge in [-0.1, -0.05) is 19.1 Å². The van der Waals surface area contributed by atoms with E-state index in [1.165, 1.54) is 0 Å². The summed E-state index contributed by atoms with van der Waals surface area (Å²) in [4.78, 5) is 22.7. The molecule has 0 radical (unpaired) electrons. The maximum absolute atomic E-state index is 13.1. The van der Waals surface area contributed by atoms with E-state index in [0.717, 1.165) is 17.6 Å². The summed E-state index contributed by atoms with van der Waals surface area (Å²) in [7, 11) is 0. The molecule has 4 aromatic rings. The van der Waals surface area contributed by atoms with Crippen LogP contribution < -0.4 is 20.5 Å². The average Bonchev–Trinajstić information content (AvgIpc) is 3.07. The molecule has 1 amide bonds. The predicted molar refractivity (Wildman–Crippen MR) is 119 cm³/mol. The molecule has 0 saturated heterocycles. The number of nitrogen functional groups attached to an aromatic ring is 1. The minimum Gasteiger partial charge on any atom is -0.486 e. The van der Waals surface area contributed by atoms with E-state index in [1.807, 2.05) is 56.3 Å². The zero-order valence-electron chi connectivity index (χ0n) is 17.4. The largest absolute Gasteiger partial charge is 0.486 e. The molecule has 0 spiro atoms. The summed E-state index contributed by atoms with van der Waals surface area (Å²) < 4.78 is 13.1. The van der Waals surface area contributed by atoms with E-state index in [9.17, 15) is 4.79 Å². The standard InChI is InChI=1S/C23H23N5O3/c1-3-13(2)25-23(29)19-20-22(27-16-7-5-4-6-15(16)26-20)28(21(19)24)14-8-9-17-18(12-14)31-11-10-30-17/h4-9,12-13H,3,10-11,24H2,1-2H3,(H,25,29)/t13-/m0/s1. The van der Waals surface area contributed by atoms with E-state index in [4.69, 9.17) is 25.2 Å². The van der Waals surface area contributed by atoms with Crippen molar-refractivity contribution in [2.24, 2.45) is 0 Å². The van der Waals surface area contributed by atoms with Crippen LogP contribution in [0.1, 0.15) is 30.6 Å². The molecular formula is C23H23N5O3. The molecule has 0 unspecified atom stereocenters. The molecule has 1 atom stereocenters. The fraction of sp³-hybridized carbons (Fsp3) is 0.261. The topological polar surface area (TPSA) is 104 Å². The number of nitrogens with zero attached hydrogens (tertiary/aromatic N) is 3. The first-order valence-corrected chi connectivity index (χ1v) is 10.3. The molecule has 0 aliphatic carbocycles. The van der Waals surface area contributed by atoms with Gasteiger partial charge in [-0.15, -0.1) is 0 Å². The Kier molecular flexibility index (Phi) is 4.62. The van der Waals surface area contributed by atoms with Crippen LogP contribution in [0.2, 0.25) is 0 Å². The smallest absolute Gasteiger partial charge is 0.257 e. The first-order chi connectivity index (χ1) is 15.1. The van der Waals surface area contributed by atoms with E-state index in [0.29, 0.717) is 47.0 Å². The second kappa shape index (κ2) is 7.46. The molecule has 1 aliphatic rings. The van der Waals surface area contributed by atoms with Gasteiger partial charge in [0.15, 0.2) is 17.1 Å². The van der Waals surface area contributed by atoms with Crippen LogP contribution in [-0.4, -0.2) is 39.7 Å². The van der Waals surface area contributed by atoms with Gasteiger partial charge in [0.2, 0.25) is 0 Å². The molecule has 31 heavy (non-hydrogen) atoms. The number of aromatic nitrogens is 3. The molecular weight excluding hydrogens is 394 g/mol. The van der Waals surface area contributed by atoms with Crippen LogP contribution >= 0.6 is 0 Å². The Morgan fingerprint density at radius 2 is 1.84 bits per heavy atom. The van der Waals surface area contributed by atoms with Crippen molar-refractivity contribution >= 4 is 33.9 Å². The van der Waals surface area contributed by atoms with Crippen LogP contribution in [0, 0.1) is 0 Å². The molecule has 8 heteroatoms. The third kappa shape index (κ3) is 3.20. The van der Waals surface area contributed by atoms with Crippen molar-refractivity contribution in [3.8, 4) is 17.2 Å². The monoisotopic (exact) mass is 417 g/mol. The Hall–Kier alpha value is -3.81. The van der Waals surface area contributed by atoms with Crippen molar-refractivity contribution in [1.82, 2.24) is 19.9 Å². The highest BCUT2D eigenvalue weighted by atomic mass is 16.6. The predicted octanol–water partition coefficient (Wildman–Crippen LogP) is 3.46. The number of ether oxygens (including phenoxy) is 2.